The first-order valence-electron chi connectivity index (χ1n) is 7.66. The molecule has 7 nitrogen and oxygen atoms in total. The summed E-state index contributed by atoms with van der Waals surface area (Å²) < 4.78 is 16.0. The maximum absolute atomic E-state index is 11.9. The van der Waals surface area contributed by atoms with Gasteiger partial charge < -0.3 is 19.5 Å². The van der Waals surface area contributed by atoms with Gasteiger partial charge in [0.25, 0.3) is 0 Å². The second-order valence-electron chi connectivity index (χ2n) is 5.43. The number of nitrogens with one attached hydrogen (secondary N) is 1. The highest BCUT2D eigenvalue weighted by Crippen LogP contribution is 2.37. The normalized spacial score (nSPS) is 12.9. The van der Waals surface area contributed by atoms with E-state index in [1.54, 1.807) is 0 Å². The second-order valence-corrected chi connectivity index (χ2v) is 6.43. The number of hydrogen-bond acceptors (Lipinski definition) is 8. The van der Waals surface area contributed by atoms with Crippen molar-refractivity contribution in [3.63, 3.8) is 0 Å². The molecule has 0 saturated heterocycles. The van der Waals surface area contributed by atoms with E-state index in [0.717, 1.165) is 27.2 Å². The fourth-order valence-electron chi connectivity index (χ4n) is 2.71. The molecule has 3 aromatic rings. The van der Waals surface area contributed by atoms with Crippen LogP contribution in [0.2, 0.25) is 0 Å². The fraction of sp³-hybridized carbons (Fsp3) is 0.235. The van der Waals surface area contributed by atoms with Crippen LogP contribution in [0.15, 0.2) is 24.5 Å². The Hall–Kier alpha value is -2.87. The van der Waals surface area contributed by atoms with Crippen molar-refractivity contribution in [2.24, 2.45) is 0 Å². The molecule has 4 rings (SSSR count). The number of esters is 1. The number of nitrogens with zero attached hydrogens (tertiary/aromatic N) is 2. The number of hydrogen-bond donors (Lipinski definition) is 1. The maximum atomic E-state index is 11.9. The number of carbonyl (C=O) groups is 1. The number of aryl methyl sites for hydroxylation is 1. The summed E-state index contributed by atoms with van der Waals surface area (Å²) in [5.41, 5.74) is 1.61. The molecule has 0 fully saturated rings. The number of anilines is 2. The van der Waals surface area contributed by atoms with Crippen LogP contribution < -0.4 is 14.8 Å². The van der Waals surface area contributed by atoms with Crippen molar-refractivity contribution in [2.75, 3.05) is 25.6 Å². The van der Waals surface area contributed by atoms with Crippen LogP contribution >= 0.6 is 11.3 Å². The van der Waals surface area contributed by atoms with Crippen LogP contribution in [0.1, 0.15) is 15.2 Å². The van der Waals surface area contributed by atoms with Gasteiger partial charge in [-0.25, -0.2) is 14.8 Å². The molecule has 1 aliphatic heterocycles. The van der Waals surface area contributed by atoms with E-state index >= 15 is 0 Å². The van der Waals surface area contributed by atoms with Crippen molar-refractivity contribution < 1.29 is 19.0 Å². The SMILES string of the molecule is COC(=O)c1sc2ncnc(Nc3ccc4c(c3)OCCO4)c2c1C. The summed E-state index contributed by atoms with van der Waals surface area (Å²) in [5, 5.41) is 4.08. The van der Waals surface area contributed by atoms with Gasteiger partial charge >= 0.3 is 5.97 Å². The summed E-state index contributed by atoms with van der Waals surface area (Å²) in [5.74, 6) is 1.68. The van der Waals surface area contributed by atoms with Crippen LogP contribution in [0.25, 0.3) is 10.2 Å². The number of fused-ring (bicyclic) bond motifs is 2. The first-order valence-corrected chi connectivity index (χ1v) is 8.48. The minimum Gasteiger partial charge on any atom is -0.486 e. The van der Waals surface area contributed by atoms with Crippen molar-refractivity contribution in [1.29, 1.82) is 0 Å². The van der Waals surface area contributed by atoms with E-state index in [1.807, 2.05) is 25.1 Å². The molecule has 0 unspecified atom stereocenters. The topological polar surface area (TPSA) is 82.6 Å². The van der Waals surface area contributed by atoms with Crippen molar-refractivity contribution in [3.8, 4) is 11.5 Å². The monoisotopic (exact) mass is 357 g/mol. The lowest BCUT2D eigenvalue weighted by Crippen LogP contribution is -2.15. The molecule has 0 aliphatic carbocycles. The highest BCUT2D eigenvalue weighted by molar-refractivity contribution is 7.20. The van der Waals surface area contributed by atoms with Crippen LogP contribution in [0.3, 0.4) is 0 Å². The third-order valence-electron chi connectivity index (χ3n) is 3.90. The standard InChI is InChI=1S/C17H15N3O4S/c1-9-13-15(18-8-19-16(13)25-14(9)17(21)22-2)20-10-3-4-11-12(7-10)24-6-5-23-11/h3-4,7-8H,5-6H2,1-2H3,(H,18,19,20). The number of aromatic nitrogens is 2. The predicted molar refractivity (Wildman–Crippen MR) is 94.2 cm³/mol. The third-order valence-corrected chi connectivity index (χ3v) is 5.08. The zero-order valence-electron chi connectivity index (χ0n) is 13.7. The van der Waals surface area contributed by atoms with Gasteiger partial charge in [-0.2, -0.15) is 0 Å². The second kappa shape index (κ2) is 6.21. The van der Waals surface area contributed by atoms with Crippen molar-refractivity contribution in [1.82, 2.24) is 9.97 Å². The molecule has 1 aliphatic rings. The number of thiophene rings is 1. The zero-order chi connectivity index (χ0) is 17.4. The highest BCUT2D eigenvalue weighted by Gasteiger charge is 2.20. The summed E-state index contributed by atoms with van der Waals surface area (Å²) in [7, 11) is 1.37. The zero-order valence-corrected chi connectivity index (χ0v) is 14.5. The molecular formula is C17H15N3O4S. The lowest BCUT2D eigenvalue weighted by Gasteiger charge is -2.19. The van der Waals surface area contributed by atoms with E-state index < -0.39 is 0 Å². The molecule has 0 spiro atoms. The summed E-state index contributed by atoms with van der Waals surface area (Å²) in [6.07, 6.45) is 1.47. The lowest BCUT2D eigenvalue weighted by molar-refractivity contribution is 0.0605. The molecule has 0 saturated carbocycles. The molecule has 1 N–H and O–H groups in total. The Balaban J connectivity index is 1.74. The van der Waals surface area contributed by atoms with Gasteiger partial charge in [-0.05, 0) is 24.6 Å². The first kappa shape index (κ1) is 15.6. The van der Waals surface area contributed by atoms with Gasteiger partial charge in [0.2, 0.25) is 0 Å². The Morgan fingerprint density at radius 2 is 2.04 bits per heavy atom. The Morgan fingerprint density at radius 1 is 1.24 bits per heavy atom. The van der Waals surface area contributed by atoms with Crippen LogP contribution in [0.4, 0.5) is 11.5 Å². The molecule has 0 amide bonds. The molecule has 8 heteroatoms. The van der Waals surface area contributed by atoms with Crippen LogP contribution in [0, 0.1) is 6.92 Å². The van der Waals surface area contributed by atoms with Gasteiger partial charge in [0.1, 0.15) is 35.1 Å². The molecule has 1 aromatic carbocycles. The smallest absolute Gasteiger partial charge is 0.348 e. The van der Waals surface area contributed by atoms with E-state index in [9.17, 15) is 4.79 Å². The van der Waals surface area contributed by atoms with E-state index in [-0.39, 0.29) is 5.97 Å². The first-order chi connectivity index (χ1) is 12.2. The predicted octanol–water partition coefficient (Wildman–Crippen LogP) is 3.30. The highest BCUT2D eigenvalue weighted by atomic mass is 32.1. The number of rotatable bonds is 3. The van der Waals surface area contributed by atoms with Crippen LogP contribution in [0.5, 0.6) is 11.5 Å². The summed E-state index contributed by atoms with van der Waals surface area (Å²) >= 11 is 1.29. The number of methoxy groups -OCH3 is 1. The minimum atomic E-state index is -0.370. The quantitative estimate of drug-likeness (QED) is 0.720. The third kappa shape index (κ3) is 2.74. The average Bonchev–Trinajstić information content (AvgIpc) is 2.99. The Bertz CT molecular complexity index is 970. The van der Waals surface area contributed by atoms with E-state index in [2.05, 4.69) is 15.3 Å². The van der Waals surface area contributed by atoms with Gasteiger partial charge in [-0.15, -0.1) is 11.3 Å². The summed E-state index contributed by atoms with van der Waals surface area (Å²) in [6, 6.07) is 5.62. The minimum absolute atomic E-state index is 0.370. The van der Waals surface area contributed by atoms with E-state index in [1.165, 1.54) is 24.8 Å². The molecule has 0 radical (unpaired) electrons. The van der Waals surface area contributed by atoms with Gasteiger partial charge in [0.15, 0.2) is 11.5 Å². The summed E-state index contributed by atoms with van der Waals surface area (Å²) in [6.45, 7) is 2.94. The van der Waals surface area contributed by atoms with Crippen molar-refractivity contribution in [2.45, 2.75) is 6.92 Å². The number of carbonyl (C=O) groups excluding carboxylic acids is 1. The Kier molecular flexibility index (Phi) is 3.89. The van der Waals surface area contributed by atoms with Gasteiger partial charge in [-0.3, -0.25) is 0 Å². The van der Waals surface area contributed by atoms with E-state index in [0.29, 0.717) is 29.7 Å². The van der Waals surface area contributed by atoms with Gasteiger partial charge in [-0.1, -0.05) is 0 Å². The molecule has 128 valence electrons. The molecule has 0 bridgehead atoms. The molecule has 2 aromatic heterocycles. The summed E-state index contributed by atoms with van der Waals surface area (Å²) in [4.78, 5) is 21.8. The van der Waals surface area contributed by atoms with Crippen LogP contribution in [-0.4, -0.2) is 36.3 Å². The van der Waals surface area contributed by atoms with Crippen molar-refractivity contribution in [3.05, 3.63) is 35.0 Å². The number of benzene rings is 1. The fourth-order valence-corrected chi connectivity index (χ4v) is 3.78. The van der Waals surface area contributed by atoms with Crippen LogP contribution in [-0.2, 0) is 4.74 Å². The lowest BCUT2D eigenvalue weighted by atomic mass is 10.2. The largest absolute Gasteiger partial charge is 0.486 e. The number of ether oxygens (including phenoxy) is 3. The van der Waals surface area contributed by atoms with Gasteiger partial charge in [0.05, 0.1) is 12.5 Å². The Morgan fingerprint density at radius 3 is 2.84 bits per heavy atom. The van der Waals surface area contributed by atoms with Crippen molar-refractivity contribution >= 4 is 39.0 Å². The molecule has 25 heavy (non-hydrogen) atoms. The Labute approximate surface area is 147 Å². The molecule has 3 heterocycles. The molecule has 0 atom stereocenters. The molecular weight excluding hydrogens is 342 g/mol. The van der Waals surface area contributed by atoms with E-state index in [4.69, 9.17) is 14.2 Å². The average molecular weight is 357 g/mol. The maximum Gasteiger partial charge on any atom is 0.348 e. The van der Waals surface area contributed by atoms with Gasteiger partial charge in [0, 0.05) is 11.8 Å².